The van der Waals surface area contributed by atoms with Crippen molar-refractivity contribution in [3.8, 4) is 5.75 Å². The van der Waals surface area contributed by atoms with Crippen LogP contribution in [0.2, 0.25) is 0 Å². The molecule has 0 unspecified atom stereocenters. The molecule has 0 radical (unpaired) electrons. The first kappa shape index (κ1) is 11.1. The summed E-state index contributed by atoms with van der Waals surface area (Å²) in [6, 6.07) is 9.46. The lowest BCUT2D eigenvalue weighted by Gasteiger charge is -2.07. The number of aromatic carboxylic acids is 1. The number of nitrogens with zero attached hydrogens (tertiary/aromatic N) is 2. The van der Waals surface area contributed by atoms with Crippen molar-refractivity contribution in [2.24, 2.45) is 0 Å². The summed E-state index contributed by atoms with van der Waals surface area (Å²) in [4.78, 5) is 18.3. The van der Waals surface area contributed by atoms with E-state index in [2.05, 4.69) is 9.97 Å². The molecule has 2 rings (SSSR count). The van der Waals surface area contributed by atoms with Crippen LogP contribution >= 0.6 is 0 Å². The summed E-state index contributed by atoms with van der Waals surface area (Å²) in [5.41, 5.74) is 0.823. The summed E-state index contributed by atoms with van der Waals surface area (Å²) in [6.45, 7) is 0.286. The number of rotatable bonds is 4. The minimum atomic E-state index is -1.13. The highest BCUT2D eigenvalue weighted by Crippen LogP contribution is 2.15. The van der Waals surface area contributed by atoms with Crippen molar-refractivity contribution in [3.63, 3.8) is 0 Å². The zero-order valence-electron chi connectivity index (χ0n) is 8.91. The Kier molecular flexibility index (Phi) is 3.30. The third kappa shape index (κ3) is 2.78. The van der Waals surface area contributed by atoms with E-state index in [1.165, 1.54) is 12.5 Å². The average molecular weight is 230 g/mol. The molecule has 0 saturated heterocycles. The Hall–Kier alpha value is -2.43. The molecule has 5 heteroatoms. The number of hydrogen-bond acceptors (Lipinski definition) is 4. The Morgan fingerprint density at radius 2 is 2.06 bits per heavy atom. The molecule has 5 nitrogen and oxygen atoms in total. The fourth-order valence-corrected chi connectivity index (χ4v) is 1.32. The maximum atomic E-state index is 10.9. The number of carbonyl (C=O) groups is 1. The second-order valence-corrected chi connectivity index (χ2v) is 3.32. The molecule has 1 N–H and O–H groups in total. The highest BCUT2D eigenvalue weighted by Gasteiger charge is 2.12. The molecule has 0 bridgehead atoms. The van der Waals surface area contributed by atoms with Crippen LogP contribution in [0.4, 0.5) is 0 Å². The molecule has 0 fully saturated rings. The van der Waals surface area contributed by atoms with Crippen LogP contribution in [0.25, 0.3) is 0 Å². The standard InChI is InChI=1S/C12H10N2O3/c15-12(16)11-10(6-13-8-14-11)17-7-9-4-2-1-3-5-9/h1-6,8H,7H2,(H,15,16). The fraction of sp³-hybridized carbons (Fsp3) is 0.0833. The molecule has 0 atom stereocenters. The van der Waals surface area contributed by atoms with E-state index < -0.39 is 5.97 Å². The first-order chi connectivity index (χ1) is 8.27. The van der Waals surface area contributed by atoms with Gasteiger partial charge in [0.25, 0.3) is 0 Å². The summed E-state index contributed by atoms with van der Waals surface area (Å²) >= 11 is 0. The van der Waals surface area contributed by atoms with E-state index in [4.69, 9.17) is 9.84 Å². The maximum absolute atomic E-state index is 10.9. The molecule has 1 aromatic carbocycles. The second kappa shape index (κ2) is 5.07. The molecular weight excluding hydrogens is 220 g/mol. The molecule has 0 saturated carbocycles. The van der Waals surface area contributed by atoms with Crippen LogP contribution in [0.15, 0.2) is 42.9 Å². The van der Waals surface area contributed by atoms with Gasteiger partial charge in [0.15, 0.2) is 11.4 Å². The van der Waals surface area contributed by atoms with Gasteiger partial charge in [0.1, 0.15) is 12.9 Å². The van der Waals surface area contributed by atoms with E-state index in [0.29, 0.717) is 0 Å². The van der Waals surface area contributed by atoms with Gasteiger partial charge in [-0.1, -0.05) is 30.3 Å². The molecule has 17 heavy (non-hydrogen) atoms. The van der Waals surface area contributed by atoms with Gasteiger partial charge in [-0.3, -0.25) is 0 Å². The molecule has 1 aromatic heterocycles. The van der Waals surface area contributed by atoms with Gasteiger partial charge in [-0.15, -0.1) is 0 Å². The van der Waals surface area contributed by atoms with Gasteiger partial charge in [0.2, 0.25) is 0 Å². The van der Waals surface area contributed by atoms with Gasteiger partial charge in [0.05, 0.1) is 6.20 Å². The van der Waals surface area contributed by atoms with E-state index in [1.807, 2.05) is 30.3 Å². The van der Waals surface area contributed by atoms with E-state index >= 15 is 0 Å². The third-order valence-corrected chi connectivity index (χ3v) is 2.12. The Labute approximate surface area is 97.7 Å². The number of carboxylic acid groups (broad SMARTS) is 1. The van der Waals surface area contributed by atoms with Crippen LogP contribution in [0.1, 0.15) is 16.1 Å². The molecule has 0 aliphatic carbocycles. The maximum Gasteiger partial charge on any atom is 0.358 e. The number of hydrogen-bond donors (Lipinski definition) is 1. The van der Waals surface area contributed by atoms with E-state index in [-0.39, 0.29) is 18.1 Å². The third-order valence-electron chi connectivity index (χ3n) is 2.12. The predicted molar refractivity (Wildman–Crippen MR) is 59.8 cm³/mol. The zero-order chi connectivity index (χ0) is 12.1. The van der Waals surface area contributed by atoms with Crippen LogP contribution in [-0.2, 0) is 6.61 Å². The van der Waals surface area contributed by atoms with Gasteiger partial charge in [-0.25, -0.2) is 14.8 Å². The van der Waals surface area contributed by atoms with Crippen molar-refractivity contribution in [1.29, 1.82) is 0 Å². The number of ether oxygens (including phenoxy) is 1. The Bertz CT molecular complexity index is 514. The second-order valence-electron chi connectivity index (χ2n) is 3.32. The van der Waals surface area contributed by atoms with E-state index in [9.17, 15) is 4.79 Å². The fourth-order valence-electron chi connectivity index (χ4n) is 1.32. The predicted octanol–water partition coefficient (Wildman–Crippen LogP) is 1.75. The number of aromatic nitrogens is 2. The summed E-state index contributed by atoms with van der Waals surface area (Å²) in [7, 11) is 0. The lowest BCUT2D eigenvalue weighted by molar-refractivity contribution is 0.0684. The van der Waals surface area contributed by atoms with Gasteiger partial charge in [-0.2, -0.15) is 0 Å². The first-order valence-corrected chi connectivity index (χ1v) is 4.97. The summed E-state index contributed by atoms with van der Waals surface area (Å²) in [6.07, 6.45) is 2.53. The Balaban J connectivity index is 2.12. The molecule has 0 amide bonds. The molecule has 0 aliphatic heterocycles. The topological polar surface area (TPSA) is 72.3 Å². The van der Waals surface area contributed by atoms with Crippen molar-refractivity contribution < 1.29 is 14.6 Å². The van der Waals surface area contributed by atoms with Crippen LogP contribution < -0.4 is 4.74 Å². The molecule has 0 aliphatic rings. The van der Waals surface area contributed by atoms with Crippen LogP contribution in [-0.4, -0.2) is 21.0 Å². The van der Waals surface area contributed by atoms with Crippen molar-refractivity contribution in [2.45, 2.75) is 6.61 Å². The monoisotopic (exact) mass is 230 g/mol. The summed E-state index contributed by atoms with van der Waals surface area (Å²) in [5, 5.41) is 8.89. The normalized spacial score (nSPS) is 9.88. The molecule has 86 valence electrons. The molecular formula is C12H10N2O3. The first-order valence-electron chi connectivity index (χ1n) is 4.97. The van der Waals surface area contributed by atoms with E-state index in [1.54, 1.807) is 0 Å². The molecule has 2 aromatic rings. The van der Waals surface area contributed by atoms with Crippen molar-refractivity contribution in [3.05, 3.63) is 54.1 Å². The molecule has 1 heterocycles. The van der Waals surface area contributed by atoms with Crippen LogP contribution in [0, 0.1) is 0 Å². The Morgan fingerprint density at radius 3 is 2.76 bits per heavy atom. The van der Waals surface area contributed by atoms with Crippen molar-refractivity contribution >= 4 is 5.97 Å². The van der Waals surface area contributed by atoms with Crippen LogP contribution in [0.5, 0.6) is 5.75 Å². The van der Waals surface area contributed by atoms with E-state index in [0.717, 1.165) is 5.56 Å². The lowest BCUT2D eigenvalue weighted by Crippen LogP contribution is -2.06. The van der Waals surface area contributed by atoms with Crippen molar-refractivity contribution in [2.75, 3.05) is 0 Å². The highest BCUT2D eigenvalue weighted by atomic mass is 16.5. The average Bonchev–Trinajstić information content (AvgIpc) is 2.38. The van der Waals surface area contributed by atoms with Crippen molar-refractivity contribution in [1.82, 2.24) is 9.97 Å². The lowest BCUT2D eigenvalue weighted by atomic mass is 10.2. The van der Waals surface area contributed by atoms with Gasteiger partial charge in [0, 0.05) is 0 Å². The Morgan fingerprint density at radius 1 is 1.29 bits per heavy atom. The van der Waals surface area contributed by atoms with Crippen LogP contribution in [0.3, 0.4) is 0 Å². The van der Waals surface area contributed by atoms with Gasteiger partial charge >= 0.3 is 5.97 Å². The largest absolute Gasteiger partial charge is 0.485 e. The van der Waals surface area contributed by atoms with Gasteiger partial charge in [-0.05, 0) is 5.56 Å². The number of benzene rings is 1. The quantitative estimate of drug-likeness (QED) is 0.866. The minimum Gasteiger partial charge on any atom is -0.485 e. The minimum absolute atomic E-state index is 0.129. The SMILES string of the molecule is O=C(O)c1ncncc1OCc1ccccc1. The number of carboxylic acids is 1. The molecule has 0 spiro atoms. The summed E-state index contributed by atoms with van der Waals surface area (Å²) in [5.74, 6) is -0.959. The summed E-state index contributed by atoms with van der Waals surface area (Å²) < 4.78 is 5.38. The smallest absolute Gasteiger partial charge is 0.358 e. The highest BCUT2D eigenvalue weighted by molar-refractivity contribution is 5.88. The zero-order valence-corrected chi connectivity index (χ0v) is 8.91. The van der Waals surface area contributed by atoms with Gasteiger partial charge < -0.3 is 9.84 Å².